The summed E-state index contributed by atoms with van der Waals surface area (Å²) in [6, 6.07) is 15.6. The Morgan fingerprint density at radius 3 is 2.58 bits per heavy atom. The number of benzene rings is 2. The van der Waals surface area contributed by atoms with Crippen molar-refractivity contribution < 1.29 is 0 Å². The first-order chi connectivity index (χ1) is 9.25. The van der Waals surface area contributed by atoms with E-state index in [4.69, 9.17) is 11.6 Å². The van der Waals surface area contributed by atoms with Gasteiger partial charge in [-0.2, -0.15) is 5.10 Å². The van der Waals surface area contributed by atoms with Crippen LogP contribution in [-0.4, -0.2) is 15.2 Å². The Bertz CT molecular complexity index is 704. The van der Waals surface area contributed by atoms with Crippen molar-refractivity contribution in [2.75, 3.05) is 0 Å². The van der Waals surface area contributed by atoms with Crippen LogP contribution in [0, 0.1) is 6.92 Å². The Labute approximate surface area is 116 Å². The highest BCUT2D eigenvalue weighted by Gasteiger charge is 2.10. The zero-order valence-electron chi connectivity index (χ0n) is 10.4. The first-order valence-electron chi connectivity index (χ1n) is 5.99. The molecule has 3 nitrogen and oxygen atoms in total. The van der Waals surface area contributed by atoms with Crippen molar-refractivity contribution in [3.05, 3.63) is 59.1 Å². The van der Waals surface area contributed by atoms with Gasteiger partial charge in [-0.15, -0.1) is 0 Å². The van der Waals surface area contributed by atoms with Gasteiger partial charge in [0.05, 0.1) is 0 Å². The van der Waals surface area contributed by atoms with Crippen molar-refractivity contribution in [2.24, 2.45) is 0 Å². The number of nitrogens with one attached hydrogen (secondary N) is 1. The van der Waals surface area contributed by atoms with E-state index in [-0.39, 0.29) is 0 Å². The molecular weight excluding hydrogens is 258 g/mol. The number of nitrogens with zero attached hydrogens (tertiary/aromatic N) is 2. The van der Waals surface area contributed by atoms with E-state index in [9.17, 15) is 0 Å². The van der Waals surface area contributed by atoms with Crippen LogP contribution in [0.3, 0.4) is 0 Å². The van der Waals surface area contributed by atoms with Crippen LogP contribution in [0.25, 0.3) is 22.8 Å². The van der Waals surface area contributed by atoms with Gasteiger partial charge < -0.3 is 0 Å². The standard InChI is InChI=1S/C15H12ClN3/c1-10-12(8-5-9-13(10)16)15-17-14(18-19-15)11-6-3-2-4-7-11/h2-9H,1H3,(H,17,18,19). The molecule has 0 radical (unpaired) electrons. The molecule has 0 saturated carbocycles. The van der Waals surface area contributed by atoms with E-state index in [1.54, 1.807) is 0 Å². The summed E-state index contributed by atoms with van der Waals surface area (Å²) in [5.41, 5.74) is 2.96. The molecule has 19 heavy (non-hydrogen) atoms. The van der Waals surface area contributed by atoms with E-state index in [1.807, 2.05) is 55.5 Å². The number of aromatic amines is 1. The van der Waals surface area contributed by atoms with E-state index in [2.05, 4.69) is 15.2 Å². The smallest absolute Gasteiger partial charge is 0.181 e. The molecule has 0 bridgehead atoms. The summed E-state index contributed by atoms with van der Waals surface area (Å²) >= 11 is 6.13. The van der Waals surface area contributed by atoms with Crippen molar-refractivity contribution in [2.45, 2.75) is 6.92 Å². The van der Waals surface area contributed by atoms with Crippen LogP contribution in [-0.2, 0) is 0 Å². The molecule has 4 heteroatoms. The van der Waals surface area contributed by atoms with Crippen molar-refractivity contribution in [3.63, 3.8) is 0 Å². The Balaban J connectivity index is 2.05. The lowest BCUT2D eigenvalue weighted by molar-refractivity contribution is 1.10. The monoisotopic (exact) mass is 269 g/mol. The molecule has 0 aliphatic heterocycles. The normalized spacial score (nSPS) is 10.6. The van der Waals surface area contributed by atoms with Crippen molar-refractivity contribution in [1.29, 1.82) is 0 Å². The zero-order valence-corrected chi connectivity index (χ0v) is 11.1. The van der Waals surface area contributed by atoms with Crippen molar-refractivity contribution in [3.8, 4) is 22.8 Å². The summed E-state index contributed by atoms with van der Waals surface area (Å²) in [4.78, 5) is 4.53. The third-order valence-electron chi connectivity index (χ3n) is 3.04. The Morgan fingerprint density at radius 2 is 1.79 bits per heavy atom. The minimum Gasteiger partial charge on any atom is -0.259 e. The SMILES string of the molecule is Cc1c(Cl)cccc1-c1nc(-c2ccccc2)n[nH]1. The predicted octanol–water partition coefficient (Wildman–Crippen LogP) is 4.10. The zero-order chi connectivity index (χ0) is 13.2. The molecule has 1 N–H and O–H groups in total. The summed E-state index contributed by atoms with van der Waals surface area (Å²) in [6.07, 6.45) is 0. The Hall–Kier alpha value is -2.13. The summed E-state index contributed by atoms with van der Waals surface area (Å²) in [5, 5.41) is 7.95. The van der Waals surface area contributed by atoms with E-state index >= 15 is 0 Å². The topological polar surface area (TPSA) is 41.6 Å². The van der Waals surface area contributed by atoms with Crippen LogP contribution in [0.4, 0.5) is 0 Å². The average molecular weight is 270 g/mol. The predicted molar refractivity (Wildman–Crippen MR) is 77.0 cm³/mol. The third kappa shape index (κ3) is 2.25. The molecule has 2 aromatic carbocycles. The number of H-pyrrole nitrogens is 1. The van der Waals surface area contributed by atoms with Gasteiger partial charge in [-0.1, -0.05) is 54.1 Å². The van der Waals surface area contributed by atoms with Gasteiger partial charge in [0.25, 0.3) is 0 Å². The second-order valence-corrected chi connectivity index (χ2v) is 4.69. The molecule has 3 rings (SSSR count). The third-order valence-corrected chi connectivity index (χ3v) is 3.45. The maximum absolute atomic E-state index is 6.13. The summed E-state index contributed by atoms with van der Waals surface area (Å²) in [7, 11) is 0. The molecular formula is C15H12ClN3. The first-order valence-corrected chi connectivity index (χ1v) is 6.37. The molecule has 0 saturated heterocycles. The molecule has 1 aromatic heterocycles. The lowest BCUT2D eigenvalue weighted by atomic mass is 10.1. The Morgan fingerprint density at radius 1 is 1.00 bits per heavy atom. The van der Waals surface area contributed by atoms with E-state index in [0.717, 1.165) is 27.5 Å². The molecule has 0 spiro atoms. The van der Waals surface area contributed by atoms with E-state index in [1.165, 1.54) is 0 Å². The van der Waals surface area contributed by atoms with Crippen LogP contribution >= 0.6 is 11.6 Å². The molecule has 94 valence electrons. The van der Waals surface area contributed by atoms with E-state index < -0.39 is 0 Å². The highest BCUT2D eigenvalue weighted by atomic mass is 35.5. The number of hydrogen-bond donors (Lipinski definition) is 1. The molecule has 0 aliphatic rings. The molecule has 0 aliphatic carbocycles. The second-order valence-electron chi connectivity index (χ2n) is 4.29. The van der Waals surface area contributed by atoms with Crippen LogP contribution in [0.2, 0.25) is 5.02 Å². The summed E-state index contributed by atoms with van der Waals surface area (Å²) in [6.45, 7) is 1.97. The molecule has 3 aromatic rings. The fourth-order valence-corrected chi connectivity index (χ4v) is 2.14. The van der Waals surface area contributed by atoms with Crippen LogP contribution in [0.1, 0.15) is 5.56 Å². The van der Waals surface area contributed by atoms with Gasteiger partial charge in [-0.25, -0.2) is 4.98 Å². The number of halogens is 1. The highest BCUT2D eigenvalue weighted by Crippen LogP contribution is 2.27. The van der Waals surface area contributed by atoms with Gasteiger partial charge in [-0.3, -0.25) is 5.10 Å². The summed E-state index contributed by atoms with van der Waals surface area (Å²) < 4.78 is 0. The van der Waals surface area contributed by atoms with Crippen LogP contribution < -0.4 is 0 Å². The largest absolute Gasteiger partial charge is 0.259 e. The molecule has 0 amide bonds. The highest BCUT2D eigenvalue weighted by molar-refractivity contribution is 6.31. The van der Waals surface area contributed by atoms with Crippen molar-refractivity contribution in [1.82, 2.24) is 15.2 Å². The number of hydrogen-bond acceptors (Lipinski definition) is 2. The summed E-state index contributed by atoms with van der Waals surface area (Å²) in [5.74, 6) is 1.42. The quantitative estimate of drug-likeness (QED) is 0.761. The second kappa shape index (κ2) is 4.86. The van der Waals surface area contributed by atoms with Crippen molar-refractivity contribution >= 4 is 11.6 Å². The van der Waals surface area contributed by atoms with Crippen LogP contribution in [0.5, 0.6) is 0 Å². The first kappa shape index (κ1) is 11.9. The van der Waals surface area contributed by atoms with Gasteiger partial charge in [0.2, 0.25) is 0 Å². The van der Waals surface area contributed by atoms with Crippen LogP contribution in [0.15, 0.2) is 48.5 Å². The minimum atomic E-state index is 0.690. The minimum absolute atomic E-state index is 0.690. The van der Waals surface area contributed by atoms with Gasteiger partial charge in [0.15, 0.2) is 11.6 Å². The average Bonchev–Trinajstić information content (AvgIpc) is 2.92. The molecule has 0 unspecified atom stereocenters. The molecule has 1 heterocycles. The fraction of sp³-hybridized carbons (Fsp3) is 0.0667. The lowest BCUT2D eigenvalue weighted by Gasteiger charge is -2.03. The molecule has 0 atom stereocenters. The fourth-order valence-electron chi connectivity index (χ4n) is 1.96. The van der Waals surface area contributed by atoms with Gasteiger partial charge >= 0.3 is 0 Å². The number of rotatable bonds is 2. The molecule has 0 fully saturated rings. The number of aromatic nitrogens is 3. The van der Waals surface area contributed by atoms with Gasteiger partial charge in [0.1, 0.15) is 0 Å². The maximum Gasteiger partial charge on any atom is 0.181 e. The van der Waals surface area contributed by atoms with Gasteiger partial charge in [0, 0.05) is 16.1 Å². The van der Waals surface area contributed by atoms with E-state index in [0.29, 0.717) is 5.82 Å². The Kier molecular flexibility index (Phi) is 3.05. The van der Waals surface area contributed by atoms with Gasteiger partial charge in [-0.05, 0) is 18.6 Å². The lowest BCUT2D eigenvalue weighted by Crippen LogP contribution is -1.86. The maximum atomic E-state index is 6.13.